The Hall–Kier alpha value is -4.11. The number of thiazole rings is 1. The van der Waals surface area contributed by atoms with Crippen molar-refractivity contribution in [3.63, 3.8) is 0 Å². The molecule has 0 spiro atoms. The summed E-state index contributed by atoms with van der Waals surface area (Å²) in [4.78, 5) is 35.0. The van der Waals surface area contributed by atoms with E-state index in [1.165, 1.54) is 15.9 Å². The van der Waals surface area contributed by atoms with Gasteiger partial charge in [0.2, 0.25) is 11.7 Å². The van der Waals surface area contributed by atoms with Gasteiger partial charge in [-0.3, -0.25) is 9.59 Å². The number of amides is 1. The topological polar surface area (TPSA) is 94.2 Å². The second-order valence-corrected chi connectivity index (χ2v) is 8.85. The molecule has 0 bridgehead atoms. The first-order valence-electron chi connectivity index (χ1n) is 10.9. The summed E-state index contributed by atoms with van der Waals surface area (Å²) in [7, 11) is 0. The van der Waals surface area contributed by atoms with Gasteiger partial charge in [0.25, 0.3) is 5.56 Å². The highest BCUT2D eigenvalue weighted by Crippen LogP contribution is 2.25. The zero-order chi connectivity index (χ0) is 23.7. The van der Waals surface area contributed by atoms with Crippen LogP contribution in [0.4, 0.5) is 5.13 Å². The lowest BCUT2D eigenvalue weighted by Gasteiger charge is -2.13. The molecule has 0 atom stereocenters. The summed E-state index contributed by atoms with van der Waals surface area (Å²) in [6.45, 7) is 6.16. The van der Waals surface area contributed by atoms with E-state index in [9.17, 15) is 9.59 Å². The lowest BCUT2D eigenvalue weighted by molar-refractivity contribution is -0.116. The van der Waals surface area contributed by atoms with Gasteiger partial charge in [-0.2, -0.15) is 9.50 Å². The minimum Gasteiger partial charge on any atom is -0.310 e. The molecule has 34 heavy (non-hydrogen) atoms. The van der Waals surface area contributed by atoms with Crippen LogP contribution in [0.2, 0.25) is 0 Å². The van der Waals surface area contributed by atoms with Crippen molar-refractivity contribution in [2.45, 2.75) is 26.3 Å². The predicted molar refractivity (Wildman–Crippen MR) is 134 cm³/mol. The lowest BCUT2D eigenvalue weighted by atomic mass is 10.1. The number of hydrogen-bond acceptors (Lipinski definition) is 6. The Balaban J connectivity index is 1.44. The number of hydrogen-bond donors (Lipinski definition) is 1. The van der Waals surface area contributed by atoms with E-state index in [1.807, 2.05) is 66.1 Å². The van der Waals surface area contributed by atoms with Crippen molar-refractivity contribution in [3.8, 4) is 11.4 Å². The number of nitrogens with zero attached hydrogens (tertiary/aromatic N) is 5. The number of allylic oxidation sites excluding steroid dienone is 1. The Bertz CT molecular complexity index is 1550. The SMILES string of the molecule is C=CCn1c(C)c(CCC(=O)Nc2nc3ccccc3s2)c(=O)n2nc(-c3ccccc3)nc12. The van der Waals surface area contributed by atoms with Gasteiger partial charge in [-0.05, 0) is 25.5 Å². The summed E-state index contributed by atoms with van der Waals surface area (Å²) in [5.74, 6) is 0.723. The molecule has 0 saturated heterocycles. The molecule has 8 nitrogen and oxygen atoms in total. The maximum atomic E-state index is 13.3. The Morgan fingerprint density at radius 1 is 1.12 bits per heavy atom. The maximum Gasteiger partial charge on any atom is 0.279 e. The fourth-order valence-electron chi connectivity index (χ4n) is 3.90. The molecular weight excluding hydrogens is 448 g/mol. The molecule has 2 aromatic carbocycles. The number of aromatic nitrogens is 5. The summed E-state index contributed by atoms with van der Waals surface area (Å²) in [6, 6.07) is 17.2. The van der Waals surface area contributed by atoms with Gasteiger partial charge in [0.05, 0.1) is 10.2 Å². The van der Waals surface area contributed by atoms with Gasteiger partial charge in [-0.25, -0.2) is 4.98 Å². The number of rotatable bonds is 7. The second kappa shape index (κ2) is 9.03. The summed E-state index contributed by atoms with van der Waals surface area (Å²) < 4.78 is 4.22. The van der Waals surface area contributed by atoms with Crippen molar-refractivity contribution >= 4 is 38.4 Å². The summed E-state index contributed by atoms with van der Waals surface area (Å²) >= 11 is 1.42. The van der Waals surface area contributed by atoms with E-state index in [1.54, 1.807) is 6.08 Å². The van der Waals surface area contributed by atoms with Crippen molar-refractivity contribution < 1.29 is 4.79 Å². The number of nitrogens with one attached hydrogen (secondary N) is 1. The fourth-order valence-corrected chi connectivity index (χ4v) is 4.78. The van der Waals surface area contributed by atoms with Crippen LogP contribution in [0.1, 0.15) is 17.7 Å². The van der Waals surface area contributed by atoms with Gasteiger partial charge < -0.3 is 9.88 Å². The number of fused-ring (bicyclic) bond motifs is 2. The minimum absolute atomic E-state index is 0.145. The van der Waals surface area contributed by atoms with Crippen LogP contribution in [0.15, 0.2) is 72.0 Å². The van der Waals surface area contributed by atoms with Crippen LogP contribution < -0.4 is 10.9 Å². The van der Waals surface area contributed by atoms with Gasteiger partial charge in [0.1, 0.15) is 0 Å². The Morgan fingerprint density at radius 2 is 1.88 bits per heavy atom. The summed E-state index contributed by atoms with van der Waals surface area (Å²) in [5.41, 5.74) is 2.67. The molecule has 0 aliphatic carbocycles. The fraction of sp³-hybridized carbons (Fsp3) is 0.160. The van der Waals surface area contributed by atoms with Crippen LogP contribution in [0.3, 0.4) is 0 Å². The van der Waals surface area contributed by atoms with Crippen molar-refractivity contribution in [2.75, 3.05) is 5.32 Å². The Morgan fingerprint density at radius 3 is 2.65 bits per heavy atom. The highest BCUT2D eigenvalue weighted by Gasteiger charge is 2.19. The molecule has 170 valence electrons. The molecule has 9 heteroatoms. The van der Waals surface area contributed by atoms with Crippen LogP contribution in [-0.4, -0.2) is 30.1 Å². The molecule has 1 amide bonds. The van der Waals surface area contributed by atoms with Crippen molar-refractivity contribution in [1.82, 2.24) is 24.1 Å². The van der Waals surface area contributed by atoms with Crippen LogP contribution in [0.5, 0.6) is 0 Å². The molecule has 0 saturated carbocycles. The quantitative estimate of drug-likeness (QED) is 0.359. The molecule has 0 aliphatic rings. The van der Waals surface area contributed by atoms with Crippen LogP contribution >= 0.6 is 11.3 Å². The van der Waals surface area contributed by atoms with Crippen molar-refractivity contribution in [2.24, 2.45) is 0 Å². The summed E-state index contributed by atoms with van der Waals surface area (Å²) in [5, 5.41) is 7.87. The number of anilines is 1. The van der Waals surface area contributed by atoms with Gasteiger partial charge in [-0.15, -0.1) is 11.7 Å². The molecule has 3 aromatic heterocycles. The predicted octanol–water partition coefficient (Wildman–Crippen LogP) is 4.23. The van der Waals surface area contributed by atoms with Gasteiger partial charge in [0.15, 0.2) is 11.0 Å². The molecule has 5 rings (SSSR count). The molecule has 0 unspecified atom stereocenters. The van der Waals surface area contributed by atoms with E-state index in [2.05, 4.69) is 27.0 Å². The van der Waals surface area contributed by atoms with E-state index in [4.69, 9.17) is 0 Å². The van der Waals surface area contributed by atoms with Crippen LogP contribution in [0.25, 0.3) is 27.4 Å². The average molecular weight is 471 g/mol. The van der Waals surface area contributed by atoms with Crippen LogP contribution in [0, 0.1) is 6.92 Å². The largest absolute Gasteiger partial charge is 0.310 e. The third kappa shape index (κ3) is 4.01. The smallest absolute Gasteiger partial charge is 0.279 e. The summed E-state index contributed by atoms with van der Waals surface area (Å²) in [6.07, 6.45) is 2.17. The zero-order valence-electron chi connectivity index (χ0n) is 18.6. The van der Waals surface area contributed by atoms with E-state index in [0.717, 1.165) is 21.5 Å². The Labute approximate surface area is 199 Å². The molecular formula is C25H22N6O2S. The molecule has 0 radical (unpaired) electrons. The molecule has 3 heterocycles. The number of para-hydroxylation sites is 1. The van der Waals surface area contributed by atoms with E-state index < -0.39 is 0 Å². The van der Waals surface area contributed by atoms with Gasteiger partial charge in [0, 0.05) is 29.8 Å². The third-order valence-electron chi connectivity index (χ3n) is 5.61. The third-order valence-corrected chi connectivity index (χ3v) is 6.56. The molecule has 0 fully saturated rings. The first-order valence-corrected chi connectivity index (χ1v) is 11.7. The number of benzene rings is 2. The molecule has 0 aliphatic heterocycles. The lowest BCUT2D eigenvalue weighted by Crippen LogP contribution is -2.27. The average Bonchev–Trinajstić information content (AvgIpc) is 3.46. The van der Waals surface area contributed by atoms with E-state index >= 15 is 0 Å². The molecule has 5 aromatic rings. The van der Waals surface area contributed by atoms with Crippen molar-refractivity contribution in [1.29, 1.82) is 0 Å². The normalized spacial score (nSPS) is 11.2. The second-order valence-electron chi connectivity index (χ2n) is 7.82. The van der Waals surface area contributed by atoms with Crippen molar-refractivity contribution in [3.05, 3.63) is 88.9 Å². The monoisotopic (exact) mass is 470 g/mol. The standard InChI is InChI=1S/C25H22N6O2S/c1-3-15-30-16(2)18(13-14-21(32)27-24-26-19-11-7-8-12-20(19)34-24)23(33)31-25(30)28-22(29-31)17-9-5-4-6-10-17/h3-12H,1,13-15H2,2H3,(H,26,27,32). The highest BCUT2D eigenvalue weighted by atomic mass is 32.1. The number of carbonyl (C=O) groups is 1. The maximum absolute atomic E-state index is 13.3. The van der Waals surface area contributed by atoms with E-state index in [0.29, 0.717) is 28.8 Å². The van der Waals surface area contributed by atoms with E-state index in [-0.39, 0.29) is 24.3 Å². The first-order chi connectivity index (χ1) is 16.5. The van der Waals surface area contributed by atoms with Gasteiger partial charge >= 0.3 is 0 Å². The van der Waals surface area contributed by atoms with Gasteiger partial charge in [-0.1, -0.05) is 59.9 Å². The molecule has 1 N–H and O–H groups in total. The highest BCUT2D eigenvalue weighted by molar-refractivity contribution is 7.22. The number of carbonyl (C=O) groups excluding carboxylic acids is 1. The first kappa shape index (κ1) is 21.7. The zero-order valence-corrected chi connectivity index (χ0v) is 19.4. The Kier molecular flexibility index (Phi) is 5.77. The minimum atomic E-state index is -0.268. The van der Waals surface area contributed by atoms with Crippen LogP contribution in [-0.2, 0) is 17.8 Å².